The molecule has 1 aromatic rings. The van der Waals surface area contributed by atoms with Gasteiger partial charge >= 0.3 is 0 Å². The summed E-state index contributed by atoms with van der Waals surface area (Å²) in [6.07, 6.45) is 9.27. The van der Waals surface area contributed by atoms with E-state index in [1.807, 2.05) is 0 Å². The van der Waals surface area contributed by atoms with Crippen LogP contribution in [0.1, 0.15) is 37.8 Å². The van der Waals surface area contributed by atoms with Crippen molar-refractivity contribution < 1.29 is 8.42 Å². The fourth-order valence-corrected chi connectivity index (χ4v) is 5.47. The Morgan fingerprint density at radius 2 is 1.85 bits per heavy atom. The largest absolute Gasteiger partial charge is 0.353 e. The Morgan fingerprint density at radius 3 is 2.50 bits per heavy atom. The van der Waals surface area contributed by atoms with E-state index in [9.17, 15) is 8.42 Å². The van der Waals surface area contributed by atoms with Crippen molar-refractivity contribution in [2.45, 2.75) is 44.7 Å². The summed E-state index contributed by atoms with van der Waals surface area (Å²) in [5.74, 6) is 0. The number of likely N-dealkylation sites (tertiary alicyclic amines) is 2. The van der Waals surface area contributed by atoms with Gasteiger partial charge in [0.15, 0.2) is 0 Å². The molecule has 0 amide bonds. The maximum atomic E-state index is 12.5. The highest BCUT2D eigenvalue weighted by Crippen LogP contribution is 2.20. The van der Waals surface area contributed by atoms with Crippen LogP contribution in [-0.4, -0.2) is 78.7 Å². The van der Waals surface area contributed by atoms with E-state index in [-0.39, 0.29) is 6.04 Å². The van der Waals surface area contributed by atoms with Gasteiger partial charge in [-0.1, -0.05) is 6.42 Å². The Hall–Kier alpha value is -0.890. The number of sulfonamides is 1. The first-order valence-electron chi connectivity index (χ1n) is 9.95. The average Bonchev–Trinajstić information content (AvgIpc) is 3.00. The highest BCUT2D eigenvalue weighted by Gasteiger charge is 2.31. The number of hydrogen-bond acceptors (Lipinski definition) is 4. The predicted octanol–water partition coefficient (Wildman–Crippen LogP) is 1.74. The smallest absolute Gasteiger partial charge is 0.211 e. The van der Waals surface area contributed by atoms with Gasteiger partial charge < -0.3 is 9.47 Å². The third kappa shape index (κ3) is 5.31. The van der Waals surface area contributed by atoms with Crippen LogP contribution < -0.4 is 0 Å². The van der Waals surface area contributed by atoms with Crippen molar-refractivity contribution in [2.75, 3.05) is 45.5 Å². The lowest BCUT2D eigenvalue weighted by molar-refractivity contribution is 0.128. The molecule has 0 spiro atoms. The van der Waals surface area contributed by atoms with E-state index in [1.165, 1.54) is 31.2 Å². The van der Waals surface area contributed by atoms with Crippen LogP contribution in [-0.2, 0) is 23.6 Å². The molecule has 0 radical (unpaired) electrons. The summed E-state index contributed by atoms with van der Waals surface area (Å²) in [4.78, 5) is 4.83. The monoisotopic (exact) mass is 382 g/mol. The lowest BCUT2D eigenvalue weighted by Crippen LogP contribution is -2.51. The van der Waals surface area contributed by atoms with Crippen LogP contribution in [0.5, 0.6) is 0 Å². The molecule has 6 nitrogen and oxygen atoms in total. The van der Waals surface area contributed by atoms with Gasteiger partial charge in [0.2, 0.25) is 10.0 Å². The van der Waals surface area contributed by atoms with Crippen molar-refractivity contribution in [1.82, 2.24) is 18.7 Å². The normalized spacial score (nSPS) is 23.6. The van der Waals surface area contributed by atoms with E-state index >= 15 is 0 Å². The van der Waals surface area contributed by atoms with Gasteiger partial charge in [0, 0.05) is 51.2 Å². The SMILES string of the molecule is Cn1cccc1CN1CCCC(N(CCN2CCCCC2)S(C)(=O)=O)C1. The molecule has 2 aliphatic rings. The van der Waals surface area contributed by atoms with Gasteiger partial charge in [-0.3, -0.25) is 4.90 Å². The Bertz CT molecular complexity index is 667. The molecule has 2 saturated heterocycles. The van der Waals surface area contributed by atoms with Gasteiger partial charge in [0.05, 0.1) is 6.26 Å². The Balaban J connectivity index is 1.61. The molecule has 0 aliphatic carbocycles. The van der Waals surface area contributed by atoms with Crippen LogP contribution >= 0.6 is 0 Å². The Kier molecular flexibility index (Phi) is 6.77. The van der Waals surface area contributed by atoms with Gasteiger partial charge in [0.1, 0.15) is 0 Å². The van der Waals surface area contributed by atoms with Crippen LogP contribution in [0.25, 0.3) is 0 Å². The van der Waals surface area contributed by atoms with E-state index in [1.54, 1.807) is 4.31 Å². The summed E-state index contributed by atoms with van der Waals surface area (Å²) in [5, 5.41) is 0. The topological polar surface area (TPSA) is 48.8 Å². The first-order chi connectivity index (χ1) is 12.4. The standard InChI is InChI=1S/C19H34N4O2S/c1-20-10-6-8-18(20)16-22-13-7-9-19(17-22)23(26(2,24)25)15-14-21-11-4-3-5-12-21/h6,8,10,19H,3-5,7,9,11-17H2,1-2H3. The van der Waals surface area contributed by atoms with Gasteiger partial charge in [-0.15, -0.1) is 0 Å². The molecule has 1 atom stereocenters. The Labute approximate surface area is 158 Å². The highest BCUT2D eigenvalue weighted by atomic mass is 32.2. The van der Waals surface area contributed by atoms with Crippen LogP contribution in [0, 0.1) is 0 Å². The first kappa shape index (κ1) is 19.9. The van der Waals surface area contributed by atoms with Crippen LogP contribution in [0.3, 0.4) is 0 Å². The van der Waals surface area contributed by atoms with E-state index < -0.39 is 10.0 Å². The minimum absolute atomic E-state index is 0.101. The zero-order chi connectivity index (χ0) is 18.6. The van der Waals surface area contributed by atoms with E-state index in [4.69, 9.17) is 0 Å². The van der Waals surface area contributed by atoms with Crippen molar-refractivity contribution in [1.29, 1.82) is 0 Å². The zero-order valence-corrected chi connectivity index (χ0v) is 17.1. The molecule has 26 heavy (non-hydrogen) atoms. The van der Waals surface area contributed by atoms with Gasteiger partial charge in [-0.2, -0.15) is 4.31 Å². The molecule has 3 rings (SSSR count). The molecule has 0 bridgehead atoms. The summed E-state index contributed by atoms with van der Waals surface area (Å²) in [7, 11) is -1.12. The fraction of sp³-hybridized carbons (Fsp3) is 0.789. The number of aromatic nitrogens is 1. The molecule has 0 saturated carbocycles. The second-order valence-corrected chi connectivity index (χ2v) is 9.85. The van der Waals surface area contributed by atoms with E-state index in [2.05, 4.69) is 39.7 Å². The third-order valence-corrected chi connectivity index (χ3v) is 7.17. The minimum Gasteiger partial charge on any atom is -0.353 e. The van der Waals surface area contributed by atoms with Crippen molar-refractivity contribution in [3.8, 4) is 0 Å². The minimum atomic E-state index is -3.18. The number of nitrogens with zero attached hydrogens (tertiary/aromatic N) is 4. The number of hydrogen-bond donors (Lipinski definition) is 0. The lowest BCUT2D eigenvalue weighted by Gasteiger charge is -2.39. The molecule has 7 heteroatoms. The van der Waals surface area contributed by atoms with Crippen molar-refractivity contribution >= 4 is 10.0 Å². The summed E-state index contributed by atoms with van der Waals surface area (Å²) in [6.45, 7) is 6.49. The molecular formula is C19H34N4O2S. The summed E-state index contributed by atoms with van der Waals surface area (Å²) in [5.41, 5.74) is 1.28. The predicted molar refractivity (Wildman–Crippen MR) is 106 cm³/mol. The third-order valence-electron chi connectivity index (χ3n) is 5.84. The summed E-state index contributed by atoms with van der Waals surface area (Å²) >= 11 is 0. The molecule has 3 heterocycles. The van der Waals surface area contributed by atoms with Gasteiger partial charge in [-0.05, 0) is 57.5 Å². The first-order valence-corrected chi connectivity index (χ1v) is 11.8. The molecule has 0 N–H and O–H groups in total. The molecule has 1 unspecified atom stereocenters. The van der Waals surface area contributed by atoms with Crippen molar-refractivity contribution in [3.05, 3.63) is 24.0 Å². The molecule has 2 fully saturated rings. The van der Waals surface area contributed by atoms with E-state index in [0.717, 1.165) is 52.1 Å². The highest BCUT2D eigenvalue weighted by molar-refractivity contribution is 7.88. The van der Waals surface area contributed by atoms with E-state index in [0.29, 0.717) is 6.54 Å². The second-order valence-electron chi connectivity index (χ2n) is 7.92. The number of piperidine rings is 2. The fourth-order valence-electron chi connectivity index (χ4n) is 4.34. The summed E-state index contributed by atoms with van der Waals surface area (Å²) < 4.78 is 28.9. The van der Waals surface area contributed by atoms with Crippen LogP contribution in [0.4, 0.5) is 0 Å². The quantitative estimate of drug-likeness (QED) is 0.721. The molecule has 148 valence electrons. The Morgan fingerprint density at radius 1 is 1.12 bits per heavy atom. The van der Waals surface area contributed by atoms with Gasteiger partial charge in [0.25, 0.3) is 0 Å². The molecule has 2 aliphatic heterocycles. The number of aryl methyl sites for hydroxylation is 1. The number of rotatable bonds is 7. The molecule has 0 aromatic carbocycles. The maximum absolute atomic E-state index is 12.5. The average molecular weight is 383 g/mol. The van der Waals surface area contributed by atoms with Gasteiger partial charge in [-0.25, -0.2) is 8.42 Å². The zero-order valence-electron chi connectivity index (χ0n) is 16.3. The maximum Gasteiger partial charge on any atom is 0.211 e. The van der Waals surface area contributed by atoms with Crippen molar-refractivity contribution in [2.24, 2.45) is 7.05 Å². The summed E-state index contributed by atoms with van der Waals surface area (Å²) in [6, 6.07) is 4.32. The van der Waals surface area contributed by atoms with Crippen molar-refractivity contribution in [3.63, 3.8) is 0 Å². The molecule has 1 aromatic heterocycles. The van der Waals surface area contributed by atoms with Crippen LogP contribution in [0.15, 0.2) is 18.3 Å². The van der Waals surface area contributed by atoms with Crippen LogP contribution in [0.2, 0.25) is 0 Å². The molecular weight excluding hydrogens is 348 g/mol. The lowest BCUT2D eigenvalue weighted by atomic mass is 10.1. The second kappa shape index (κ2) is 8.87.